The number of likely N-dealkylation sites (tertiary alicyclic amines) is 1. The molecule has 0 bridgehead atoms. The van der Waals surface area contributed by atoms with E-state index in [1.165, 1.54) is 16.8 Å². The summed E-state index contributed by atoms with van der Waals surface area (Å²) in [5.74, 6) is 0.477. The van der Waals surface area contributed by atoms with Crippen molar-refractivity contribution >= 4 is 17.5 Å². The minimum Gasteiger partial charge on any atom is -0.369 e. The monoisotopic (exact) mass is 427 g/mol. The lowest BCUT2D eigenvalue weighted by atomic mass is 10.1. The van der Waals surface area contributed by atoms with Gasteiger partial charge in [0.05, 0.1) is 13.1 Å². The van der Waals surface area contributed by atoms with Crippen molar-refractivity contribution in [1.29, 1.82) is 0 Å². The van der Waals surface area contributed by atoms with Crippen molar-refractivity contribution in [2.75, 3.05) is 83.4 Å². The highest BCUT2D eigenvalue weighted by atomic mass is 16.2. The molecule has 4 rings (SSSR count). The fraction of sp³-hybridized carbons (Fsp3) is 0.667. The summed E-state index contributed by atoms with van der Waals surface area (Å²) < 4.78 is 0. The molecule has 170 valence electrons. The first-order valence-electron chi connectivity index (χ1n) is 11.8. The maximum atomic E-state index is 12.8. The SMILES string of the molecule is Cc1cccc(N2CCN(CC(=O)N3CCN(CC(=O)N4CCCC4)CC3)CC2)c1C. The molecule has 0 saturated carbocycles. The van der Waals surface area contributed by atoms with E-state index < -0.39 is 0 Å². The van der Waals surface area contributed by atoms with Gasteiger partial charge in [-0.1, -0.05) is 12.1 Å². The third kappa shape index (κ3) is 5.39. The molecule has 3 aliphatic rings. The summed E-state index contributed by atoms with van der Waals surface area (Å²) in [4.78, 5) is 36.1. The normalized spacial score (nSPS) is 21.0. The zero-order chi connectivity index (χ0) is 21.8. The van der Waals surface area contributed by atoms with Crippen LogP contribution < -0.4 is 4.90 Å². The first kappa shape index (κ1) is 22.1. The Kier molecular flexibility index (Phi) is 7.13. The number of benzene rings is 1. The highest BCUT2D eigenvalue weighted by molar-refractivity contribution is 5.79. The van der Waals surface area contributed by atoms with Crippen LogP contribution in [-0.2, 0) is 9.59 Å². The van der Waals surface area contributed by atoms with Gasteiger partial charge in [0.15, 0.2) is 0 Å². The Balaban J connectivity index is 1.18. The van der Waals surface area contributed by atoms with Crippen LogP contribution in [0.1, 0.15) is 24.0 Å². The van der Waals surface area contributed by atoms with E-state index in [0.29, 0.717) is 13.1 Å². The van der Waals surface area contributed by atoms with Crippen LogP contribution in [0.5, 0.6) is 0 Å². The zero-order valence-electron chi connectivity index (χ0n) is 19.2. The number of nitrogens with zero attached hydrogens (tertiary/aromatic N) is 5. The van der Waals surface area contributed by atoms with Crippen molar-refractivity contribution in [1.82, 2.24) is 19.6 Å². The molecular weight excluding hydrogens is 390 g/mol. The molecule has 0 aromatic heterocycles. The first-order chi connectivity index (χ1) is 15.0. The topological polar surface area (TPSA) is 50.3 Å². The lowest BCUT2D eigenvalue weighted by Crippen LogP contribution is -2.55. The minimum absolute atomic E-state index is 0.228. The second-order valence-electron chi connectivity index (χ2n) is 9.23. The quantitative estimate of drug-likeness (QED) is 0.707. The second kappa shape index (κ2) is 10.0. The van der Waals surface area contributed by atoms with Gasteiger partial charge in [0.1, 0.15) is 0 Å². The molecule has 0 radical (unpaired) electrons. The van der Waals surface area contributed by atoms with Crippen molar-refractivity contribution in [2.45, 2.75) is 26.7 Å². The Morgan fingerprint density at radius 1 is 0.710 bits per heavy atom. The molecule has 0 N–H and O–H groups in total. The van der Waals surface area contributed by atoms with Crippen molar-refractivity contribution < 1.29 is 9.59 Å². The highest BCUT2D eigenvalue weighted by Gasteiger charge is 2.27. The van der Waals surface area contributed by atoms with Crippen molar-refractivity contribution in [3.05, 3.63) is 29.3 Å². The Labute approximate surface area is 186 Å². The van der Waals surface area contributed by atoms with E-state index in [2.05, 4.69) is 46.7 Å². The molecule has 1 aromatic rings. The largest absolute Gasteiger partial charge is 0.369 e. The number of hydrogen-bond donors (Lipinski definition) is 0. The fourth-order valence-electron chi connectivity index (χ4n) is 4.93. The molecule has 7 nitrogen and oxygen atoms in total. The van der Waals surface area contributed by atoms with Crippen LogP contribution in [-0.4, -0.2) is 110 Å². The van der Waals surface area contributed by atoms with E-state index in [1.807, 2.05) is 9.80 Å². The fourth-order valence-corrected chi connectivity index (χ4v) is 4.93. The van der Waals surface area contributed by atoms with Crippen LogP contribution in [0.15, 0.2) is 18.2 Å². The number of carbonyl (C=O) groups excluding carboxylic acids is 2. The van der Waals surface area contributed by atoms with Gasteiger partial charge in [-0.15, -0.1) is 0 Å². The third-order valence-corrected chi connectivity index (χ3v) is 7.19. The predicted octanol–water partition coefficient (Wildman–Crippen LogP) is 1.19. The average Bonchev–Trinajstić information content (AvgIpc) is 3.32. The van der Waals surface area contributed by atoms with Crippen LogP contribution >= 0.6 is 0 Å². The smallest absolute Gasteiger partial charge is 0.236 e. The molecular formula is C24H37N5O2. The summed E-state index contributed by atoms with van der Waals surface area (Å²) >= 11 is 0. The van der Waals surface area contributed by atoms with Gasteiger partial charge in [-0.05, 0) is 43.9 Å². The van der Waals surface area contributed by atoms with E-state index in [1.54, 1.807) is 0 Å². The van der Waals surface area contributed by atoms with Gasteiger partial charge in [-0.25, -0.2) is 0 Å². The van der Waals surface area contributed by atoms with Crippen molar-refractivity contribution in [2.24, 2.45) is 0 Å². The van der Waals surface area contributed by atoms with Gasteiger partial charge in [-0.2, -0.15) is 0 Å². The highest BCUT2D eigenvalue weighted by Crippen LogP contribution is 2.23. The molecule has 0 atom stereocenters. The van der Waals surface area contributed by atoms with Crippen LogP contribution in [0.2, 0.25) is 0 Å². The van der Waals surface area contributed by atoms with Crippen LogP contribution in [0.25, 0.3) is 0 Å². The summed E-state index contributed by atoms with van der Waals surface area (Å²) in [5, 5.41) is 0. The van der Waals surface area contributed by atoms with Gasteiger partial charge in [0.25, 0.3) is 0 Å². The van der Waals surface area contributed by atoms with Gasteiger partial charge in [0, 0.05) is 71.1 Å². The van der Waals surface area contributed by atoms with Crippen LogP contribution in [0.3, 0.4) is 0 Å². The van der Waals surface area contributed by atoms with E-state index in [0.717, 1.165) is 78.3 Å². The molecule has 0 spiro atoms. The summed E-state index contributed by atoms with van der Waals surface area (Å²) in [6.45, 7) is 14.0. The zero-order valence-corrected chi connectivity index (χ0v) is 19.2. The lowest BCUT2D eigenvalue weighted by Gasteiger charge is -2.39. The molecule has 0 aliphatic carbocycles. The summed E-state index contributed by atoms with van der Waals surface area (Å²) in [7, 11) is 0. The third-order valence-electron chi connectivity index (χ3n) is 7.19. The number of carbonyl (C=O) groups is 2. The summed E-state index contributed by atoms with van der Waals surface area (Å²) in [6, 6.07) is 6.50. The Hall–Kier alpha value is -2.12. The van der Waals surface area contributed by atoms with Gasteiger partial charge in [0.2, 0.25) is 11.8 Å². The van der Waals surface area contributed by atoms with Crippen molar-refractivity contribution in [3.8, 4) is 0 Å². The Morgan fingerprint density at radius 3 is 1.81 bits per heavy atom. The second-order valence-corrected chi connectivity index (χ2v) is 9.23. The molecule has 2 amide bonds. The van der Waals surface area contributed by atoms with E-state index >= 15 is 0 Å². The number of aryl methyl sites for hydroxylation is 1. The van der Waals surface area contributed by atoms with Gasteiger partial charge < -0.3 is 14.7 Å². The average molecular weight is 428 g/mol. The molecule has 7 heteroatoms. The Bertz CT molecular complexity index is 776. The molecule has 3 aliphatic heterocycles. The number of amides is 2. The van der Waals surface area contributed by atoms with Crippen molar-refractivity contribution in [3.63, 3.8) is 0 Å². The van der Waals surface area contributed by atoms with Gasteiger partial charge >= 0.3 is 0 Å². The number of rotatable bonds is 5. The maximum absolute atomic E-state index is 12.8. The standard InChI is InChI=1S/C24H37N5O2/c1-20-6-5-7-22(21(20)2)27-14-10-25(11-15-27)19-24(31)29-16-12-26(13-17-29)18-23(30)28-8-3-4-9-28/h5-7H,3-4,8-19H2,1-2H3. The number of piperazine rings is 2. The number of hydrogen-bond acceptors (Lipinski definition) is 5. The molecule has 1 aromatic carbocycles. The number of anilines is 1. The maximum Gasteiger partial charge on any atom is 0.236 e. The minimum atomic E-state index is 0.228. The first-order valence-corrected chi connectivity index (χ1v) is 11.8. The van der Waals surface area contributed by atoms with E-state index in [4.69, 9.17) is 0 Å². The molecule has 3 saturated heterocycles. The Morgan fingerprint density at radius 2 is 1.23 bits per heavy atom. The van der Waals surface area contributed by atoms with E-state index in [9.17, 15) is 9.59 Å². The molecule has 0 unspecified atom stereocenters. The van der Waals surface area contributed by atoms with Crippen LogP contribution in [0.4, 0.5) is 5.69 Å². The summed E-state index contributed by atoms with van der Waals surface area (Å²) in [5.41, 5.74) is 4.01. The predicted molar refractivity (Wildman–Crippen MR) is 123 cm³/mol. The van der Waals surface area contributed by atoms with E-state index in [-0.39, 0.29) is 11.8 Å². The molecule has 3 fully saturated rings. The van der Waals surface area contributed by atoms with Gasteiger partial charge in [-0.3, -0.25) is 19.4 Å². The summed E-state index contributed by atoms with van der Waals surface area (Å²) in [6.07, 6.45) is 2.26. The molecule has 31 heavy (non-hydrogen) atoms. The molecule has 3 heterocycles. The lowest BCUT2D eigenvalue weighted by molar-refractivity contribution is -0.135. The van der Waals surface area contributed by atoms with Crippen LogP contribution in [0, 0.1) is 13.8 Å².